The van der Waals surface area contributed by atoms with Crippen molar-refractivity contribution in [2.45, 2.75) is 13.3 Å². The van der Waals surface area contributed by atoms with Gasteiger partial charge in [0.1, 0.15) is 18.3 Å². The molecular formula is C13H14FN5O2. The Morgan fingerprint density at radius 2 is 2.14 bits per heavy atom. The molecule has 0 aliphatic carbocycles. The van der Waals surface area contributed by atoms with Crippen molar-refractivity contribution in [1.29, 1.82) is 0 Å². The zero-order chi connectivity index (χ0) is 15.2. The number of anilines is 1. The lowest BCUT2D eigenvalue weighted by molar-refractivity contribution is -0.136. The van der Waals surface area contributed by atoms with Crippen LogP contribution in [-0.2, 0) is 9.59 Å². The number of halogens is 1. The van der Waals surface area contributed by atoms with E-state index in [1.165, 1.54) is 29.5 Å². The van der Waals surface area contributed by atoms with E-state index in [2.05, 4.69) is 20.7 Å². The molecular weight excluding hydrogens is 277 g/mol. The highest BCUT2D eigenvalue weighted by Crippen LogP contribution is 2.17. The van der Waals surface area contributed by atoms with Crippen LogP contribution in [0.1, 0.15) is 13.3 Å². The molecule has 0 saturated carbocycles. The van der Waals surface area contributed by atoms with Gasteiger partial charge in [0.05, 0.1) is 0 Å². The largest absolute Gasteiger partial charge is 0.348 e. The molecule has 7 nitrogen and oxygen atoms in total. The van der Waals surface area contributed by atoms with E-state index in [1.54, 1.807) is 0 Å². The summed E-state index contributed by atoms with van der Waals surface area (Å²) in [5.41, 5.74) is 0.383. The maximum Gasteiger partial charge on any atom is 0.313 e. The van der Waals surface area contributed by atoms with Gasteiger partial charge in [0.15, 0.2) is 5.82 Å². The second kappa shape index (κ2) is 6.60. The quantitative estimate of drug-likeness (QED) is 0.818. The summed E-state index contributed by atoms with van der Waals surface area (Å²) < 4.78 is 15.2. The SMILES string of the molecule is CCCNC(=O)C(=O)Nc1ccc(-n2cncn2)c(F)c1. The number of hydrogen-bond acceptors (Lipinski definition) is 4. The first-order valence-electron chi connectivity index (χ1n) is 6.35. The third-order valence-electron chi connectivity index (χ3n) is 2.61. The summed E-state index contributed by atoms with van der Waals surface area (Å²) in [6.45, 7) is 2.28. The predicted molar refractivity (Wildman–Crippen MR) is 73.2 cm³/mol. The Kier molecular flexibility index (Phi) is 4.60. The molecule has 0 aliphatic rings. The second-order valence-electron chi connectivity index (χ2n) is 4.22. The molecule has 2 aromatic rings. The van der Waals surface area contributed by atoms with Crippen LogP contribution < -0.4 is 10.6 Å². The maximum absolute atomic E-state index is 13.9. The van der Waals surface area contributed by atoms with Crippen molar-refractivity contribution in [1.82, 2.24) is 20.1 Å². The third-order valence-corrected chi connectivity index (χ3v) is 2.61. The lowest BCUT2D eigenvalue weighted by atomic mass is 10.2. The van der Waals surface area contributed by atoms with Crippen molar-refractivity contribution in [3.05, 3.63) is 36.7 Å². The first-order chi connectivity index (χ1) is 10.1. The number of benzene rings is 1. The Morgan fingerprint density at radius 1 is 1.33 bits per heavy atom. The first kappa shape index (κ1) is 14.6. The van der Waals surface area contributed by atoms with E-state index in [0.29, 0.717) is 6.54 Å². The number of amides is 2. The summed E-state index contributed by atoms with van der Waals surface area (Å²) in [6, 6.07) is 4.02. The maximum atomic E-state index is 13.9. The molecule has 110 valence electrons. The minimum absolute atomic E-state index is 0.188. The average Bonchev–Trinajstić information content (AvgIpc) is 2.98. The van der Waals surface area contributed by atoms with Gasteiger partial charge in [-0.05, 0) is 24.6 Å². The molecule has 0 radical (unpaired) electrons. The summed E-state index contributed by atoms with van der Waals surface area (Å²) in [5, 5.41) is 8.58. The number of rotatable bonds is 4. The van der Waals surface area contributed by atoms with Crippen LogP contribution >= 0.6 is 0 Å². The van der Waals surface area contributed by atoms with Gasteiger partial charge >= 0.3 is 11.8 Å². The molecule has 2 amide bonds. The van der Waals surface area contributed by atoms with Crippen molar-refractivity contribution in [2.75, 3.05) is 11.9 Å². The standard InChI is InChI=1S/C13H14FN5O2/c1-2-5-16-12(20)13(21)18-9-3-4-11(10(14)6-9)19-8-15-7-17-19/h3-4,6-8H,2,5H2,1H3,(H,16,20)(H,18,21). The van der Waals surface area contributed by atoms with Crippen LogP contribution in [0.5, 0.6) is 0 Å². The summed E-state index contributed by atoms with van der Waals surface area (Å²) in [5.74, 6) is -2.18. The lowest BCUT2D eigenvalue weighted by Crippen LogP contribution is -2.35. The number of carbonyl (C=O) groups is 2. The lowest BCUT2D eigenvalue weighted by Gasteiger charge is -2.08. The van der Waals surface area contributed by atoms with Crippen LogP contribution in [0.4, 0.5) is 10.1 Å². The summed E-state index contributed by atoms with van der Waals surface area (Å²) >= 11 is 0. The van der Waals surface area contributed by atoms with E-state index in [9.17, 15) is 14.0 Å². The molecule has 0 unspecified atom stereocenters. The third kappa shape index (κ3) is 3.62. The number of aromatic nitrogens is 3. The van der Waals surface area contributed by atoms with E-state index in [0.717, 1.165) is 12.5 Å². The number of carbonyl (C=O) groups excluding carboxylic acids is 2. The highest BCUT2D eigenvalue weighted by atomic mass is 19.1. The molecule has 0 aliphatic heterocycles. The Bertz CT molecular complexity index is 642. The molecule has 2 rings (SSSR count). The van der Waals surface area contributed by atoms with E-state index >= 15 is 0 Å². The van der Waals surface area contributed by atoms with Crippen molar-refractivity contribution in [3.8, 4) is 5.69 Å². The summed E-state index contributed by atoms with van der Waals surface area (Å²) in [7, 11) is 0. The molecule has 0 saturated heterocycles. The smallest absolute Gasteiger partial charge is 0.313 e. The van der Waals surface area contributed by atoms with Crippen LogP contribution in [0.3, 0.4) is 0 Å². The fraction of sp³-hybridized carbons (Fsp3) is 0.231. The predicted octanol–water partition coefficient (Wildman–Crippen LogP) is 0.871. The van der Waals surface area contributed by atoms with Gasteiger partial charge in [-0.15, -0.1) is 0 Å². The van der Waals surface area contributed by atoms with Crippen LogP contribution in [0.25, 0.3) is 5.69 Å². The van der Waals surface area contributed by atoms with Crippen LogP contribution in [0.2, 0.25) is 0 Å². The van der Waals surface area contributed by atoms with Crippen molar-refractivity contribution in [3.63, 3.8) is 0 Å². The Hall–Kier alpha value is -2.77. The number of nitrogens with one attached hydrogen (secondary N) is 2. The van der Waals surface area contributed by atoms with Gasteiger partial charge in [-0.25, -0.2) is 14.1 Å². The van der Waals surface area contributed by atoms with Gasteiger partial charge < -0.3 is 10.6 Å². The second-order valence-corrected chi connectivity index (χ2v) is 4.22. The normalized spacial score (nSPS) is 10.2. The molecule has 1 aromatic heterocycles. The zero-order valence-corrected chi connectivity index (χ0v) is 11.3. The van der Waals surface area contributed by atoms with Gasteiger partial charge in [0.25, 0.3) is 0 Å². The Labute approximate surface area is 120 Å². The molecule has 0 bridgehead atoms. The van der Waals surface area contributed by atoms with Crippen LogP contribution in [0, 0.1) is 5.82 Å². The average molecular weight is 291 g/mol. The number of nitrogens with zero attached hydrogens (tertiary/aromatic N) is 3. The first-order valence-corrected chi connectivity index (χ1v) is 6.35. The van der Waals surface area contributed by atoms with Crippen LogP contribution in [0.15, 0.2) is 30.9 Å². The van der Waals surface area contributed by atoms with E-state index in [4.69, 9.17) is 0 Å². The molecule has 1 aromatic carbocycles. The van der Waals surface area contributed by atoms with Crippen molar-refractivity contribution >= 4 is 17.5 Å². The monoisotopic (exact) mass is 291 g/mol. The number of hydrogen-bond donors (Lipinski definition) is 2. The van der Waals surface area contributed by atoms with Crippen LogP contribution in [-0.4, -0.2) is 33.1 Å². The van der Waals surface area contributed by atoms with Gasteiger partial charge in [0.2, 0.25) is 0 Å². The topological polar surface area (TPSA) is 88.9 Å². The van der Waals surface area contributed by atoms with Gasteiger partial charge in [-0.3, -0.25) is 9.59 Å². The zero-order valence-electron chi connectivity index (χ0n) is 11.3. The highest BCUT2D eigenvalue weighted by Gasteiger charge is 2.14. The molecule has 0 fully saturated rings. The van der Waals surface area contributed by atoms with E-state index in [-0.39, 0.29) is 11.4 Å². The molecule has 0 spiro atoms. The Morgan fingerprint density at radius 3 is 2.76 bits per heavy atom. The van der Waals surface area contributed by atoms with Gasteiger partial charge in [-0.2, -0.15) is 5.10 Å². The van der Waals surface area contributed by atoms with E-state index < -0.39 is 17.6 Å². The Balaban J connectivity index is 2.07. The van der Waals surface area contributed by atoms with Crippen molar-refractivity contribution < 1.29 is 14.0 Å². The van der Waals surface area contributed by atoms with E-state index in [1.807, 2.05) is 6.92 Å². The minimum Gasteiger partial charge on any atom is -0.348 e. The van der Waals surface area contributed by atoms with Gasteiger partial charge in [-0.1, -0.05) is 6.92 Å². The molecule has 1 heterocycles. The molecule has 8 heteroatoms. The molecule has 21 heavy (non-hydrogen) atoms. The minimum atomic E-state index is -0.837. The molecule has 2 N–H and O–H groups in total. The van der Waals surface area contributed by atoms with Crippen molar-refractivity contribution in [2.24, 2.45) is 0 Å². The molecule has 0 atom stereocenters. The fourth-order valence-corrected chi connectivity index (χ4v) is 1.61. The summed E-state index contributed by atoms with van der Waals surface area (Å²) in [6.07, 6.45) is 3.36. The fourth-order valence-electron chi connectivity index (χ4n) is 1.61. The highest BCUT2D eigenvalue weighted by molar-refractivity contribution is 6.39. The summed E-state index contributed by atoms with van der Waals surface area (Å²) in [4.78, 5) is 26.7. The van der Waals surface area contributed by atoms with Gasteiger partial charge in [0, 0.05) is 12.2 Å².